The molecule has 0 atom stereocenters. The van der Waals surface area contributed by atoms with Gasteiger partial charge >= 0.3 is 6.18 Å². The van der Waals surface area contributed by atoms with Gasteiger partial charge in [0.1, 0.15) is 0 Å². The third-order valence-electron chi connectivity index (χ3n) is 2.00. The van der Waals surface area contributed by atoms with Crippen molar-refractivity contribution < 1.29 is 13.2 Å². The first-order valence-corrected chi connectivity index (χ1v) is 4.80. The summed E-state index contributed by atoms with van der Waals surface area (Å²) in [4.78, 5) is 0.841. The summed E-state index contributed by atoms with van der Waals surface area (Å²) in [5.74, 6) is 0. The van der Waals surface area contributed by atoms with Crippen molar-refractivity contribution in [2.75, 3.05) is 5.73 Å². The molecule has 2 aromatic rings. The van der Waals surface area contributed by atoms with Gasteiger partial charge in [-0.1, -0.05) is 11.6 Å². The van der Waals surface area contributed by atoms with Crippen LogP contribution in [0.2, 0.25) is 5.02 Å². The molecule has 0 unspecified atom stereocenters. The van der Waals surface area contributed by atoms with Crippen molar-refractivity contribution in [3.63, 3.8) is 0 Å². The van der Waals surface area contributed by atoms with Crippen LogP contribution in [0.4, 0.5) is 18.9 Å². The molecule has 8 heteroatoms. The number of rotatable bonds is 1. The predicted molar refractivity (Wildman–Crippen MR) is 55.8 cm³/mol. The van der Waals surface area contributed by atoms with Crippen molar-refractivity contribution in [3.05, 3.63) is 35.1 Å². The van der Waals surface area contributed by atoms with E-state index in [0.29, 0.717) is 17.6 Å². The molecule has 4 nitrogen and oxygen atoms in total. The fraction of sp³-hybridized carbons (Fsp3) is 0.111. The Morgan fingerprint density at radius 2 is 2.00 bits per heavy atom. The number of aromatic nitrogens is 3. The van der Waals surface area contributed by atoms with Crippen LogP contribution in [0, 0.1) is 0 Å². The largest absolute Gasteiger partial charge is 0.436 e. The zero-order valence-electron chi connectivity index (χ0n) is 8.24. The number of nitrogens with zero attached hydrogens (tertiary/aromatic N) is 3. The summed E-state index contributed by atoms with van der Waals surface area (Å²) in [5, 5.41) is 7.04. The van der Waals surface area contributed by atoms with E-state index in [1.165, 1.54) is 18.2 Å². The summed E-state index contributed by atoms with van der Waals surface area (Å²) in [6.07, 6.45) is -3.87. The highest BCUT2D eigenvalue weighted by Gasteiger charge is 2.34. The fourth-order valence-corrected chi connectivity index (χ4v) is 1.33. The molecular formula is C9H6ClF3N4. The minimum Gasteiger partial charge on any atom is -0.398 e. The maximum absolute atomic E-state index is 12.3. The van der Waals surface area contributed by atoms with Gasteiger partial charge in [-0.25, -0.2) is 0 Å². The van der Waals surface area contributed by atoms with Gasteiger partial charge in [-0.2, -0.15) is 23.1 Å². The van der Waals surface area contributed by atoms with Crippen LogP contribution >= 0.6 is 11.6 Å². The first-order valence-electron chi connectivity index (χ1n) is 4.43. The van der Waals surface area contributed by atoms with Crippen molar-refractivity contribution in [1.29, 1.82) is 0 Å². The molecular weight excluding hydrogens is 257 g/mol. The second-order valence-electron chi connectivity index (χ2n) is 3.22. The molecule has 0 aliphatic rings. The van der Waals surface area contributed by atoms with E-state index >= 15 is 0 Å². The lowest BCUT2D eigenvalue weighted by atomic mass is 10.3. The number of anilines is 1. The summed E-state index contributed by atoms with van der Waals surface area (Å²) in [5.41, 5.74) is 5.05. The van der Waals surface area contributed by atoms with E-state index in [9.17, 15) is 13.2 Å². The molecule has 0 aliphatic carbocycles. The second kappa shape index (κ2) is 3.92. The smallest absolute Gasteiger partial charge is 0.398 e. The normalized spacial score (nSPS) is 11.8. The predicted octanol–water partition coefficient (Wildman–Crippen LogP) is 2.52. The highest BCUT2D eigenvalue weighted by atomic mass is 35.5. The van der Waals surface area contributed by atoms with Gasteiger partial charge in [-0.05, 0) is 18.2 Å². The standard InChI is InChI=1S/C9H6ClF3N4/c10-6-3-5(1-2-7(6)14)17-15-4-8(16-17)9(11,12)13/h1-4H,14H2. The number of hydrogen-bond donors (Lipinski definition) is 1. The highest BCUT2D eigenvalue weighted by Crippen LogP contribution is 2.27. The Morgan fingerprint density at radius 1 is 1.29 bits per heavy atom. The molecule has 0 spiro atoms. The van der Waals surface area contributed by atoms with Crippen molar-refractivity contribution in [2.24, 2.45) is 0 Å². The van der Waals surface area contributed by atoms with Crippen LogP contribution in [0.15, 0.2) is 24.4 Å². The Labute approximate surface area is 98.8 Å². The van der Waals surface area contributed by atoms with Crippen molar-refractivity contribution in [3.8, 4) is 5.69 Å². The van der Waals surface area contributed by atoms with Gasteiger partial charge in [0, 0.05) is 0 Å². The molecule has 2 N–H and O–H groups in total. The van der Waals surface area contributed by atoms with Crippen LogP contribution in [-0.2, 0) is 6.18 Å². The van der Waals surface area contributed by atoms with Crippen LogP contribution in [0.1, 0.15) is 5.69 Å². The van der Waals surface area contributed by atoms with Crippen LogP contribution in [-0.4, -0.2) is 15.0 Å². The van der Waals surface area contributed by atoms with Crippen molar-refractivity contribution in [1.82, 2.24) is 15.0 Å². The fourth-order valence-electron chi connectivity index (χ4n) is 1.16. The van der Waals surface area contributed by atoms with Gasteiger partial charge in [0.15, 0.2) is 5.69 Å². The number of nitrogens with two attached hydrogens (primary N) is 1. The zero-order valence-corrected chi connectivity index (χ0v) is 9.00. The van der Waals surface area contributed by atoms with Gasteiger partial charge < -0.3 is 5.73 Å². The molecule has 1 aromatic heterocycles. The number of nitrogen functional groups attached to an aromatic ring is 1. The Balaban J connectivity index is 2.40. The van der Waals surface area contributed by atoms with Crippen LogP contribution in [0.5, 0.6) is 0 Å². The van der Waals surface area contributed by atoms with E-state index < -0.39 is 11.9 Å². The average molecular weight is 263 g/mol. The number of alkyl halides is 3. The maximum Gasteiger partial charge on any atom is 0.436 e. The first kappa shape index (κ1) is 11.7. The molecule has 0 radical (unpaired) electrons. The Kier molecular flexibility index (Phi) is 2.70. The summed E-state index contributed by atoms with van der Waals surface area (Å²) in [7, 11) is 0. The van der Waals surface area contributed by atoms with E-state index in [1.807, 2.05) is 0 Å². The summed E-state index contributed by atoms with van der Waals surface area (Å²) < 4.78 is 36.9. The van der Waals surface area contributed by atoms with Crippen molar-refractivity contribution >= 4 is 17.3 Å². The lowest BCUT2D eigenvalue weighted by Crippen LogP contribution is -2.07. The van der Waals surface area contributed by atoms with E-state index in [2.05, 4.69) is 10.2 Å². The van der Waals surface area contributed by atoms with Crippen molar-refractivity contribution in [2.45, 2.75) is 6.18 Å². The molecule has 0 amide bonds. The molecule has 0 aliphatic heterocycles. The van der Waals surface area contributed by atoms with E-state index in [4.69, 9.17) is 17.3 Å². The number of hydrogen-bond acceptors (Lipinski definition) is 3. The minimum absolute atomic E-state index is 0.230. The first-order chi connectivity index (χ1) is 7.88. The molecule has 2 rings (SSSR count). The molecule has 0 saturated heterocycles. The third-order valence-corrected chi connectivity index (χ3v) is 2.32. The zero-order chi connectivity index (χ0) is 12.6. The van der Waals surface area contributed by atoms with Gasteiger partial charge in [0.2, 0.25) is 0 Å². The second-order valence-corrected chi connectivity index (χ2v) is 3.63. The maximum atomic E-state index is 12.3. The molecule has 17 heavy (non-hydrogen) atoms. The molecule has 90 valence electrons. The van der Waals surface area contributed by atoms with Gasteiger partial charge in [0.05, 0.1) is 22.6 Å². The van der Waals surface area contributed by atoms with Gasteiger partial charge in [-0.3, -0.25) is 0 Å². The summed E-state index contributed by atoms with van der Waals surface area (Å²) in [6.45, 7) is 0. The molecule has 1 aromatic carbocycles. The highest BCUT2D eigenvalue weighted by molar-refractivity contribution is 6.33. The SMILES string of the molecule is Nc1ccc(-n2ncc(C(F)(F)F)n2)cc1Cl. The van der Waals surface area contributed by atoms with Crippen LogP contribution in [0.3, 0.4) is 0 Å². The summed E-state index contributed by atoms with van der Waals surface area (Å²) >= 11 is 5.74. The Morgan fingerprint density at radius 3 is 2.53 bits per heavy atom. The van der Waals surface area contributed by atoms with E-state index in [0.717, 1.165) is 4.80 Å². The quantitative estimate of drug-likeness (QED) is 0.804. The molecule has 0 saturated carbocycles. The monoisotopic (exact) mass is 262 g/mol. The van der Waals surface area contributed by atoms with Crippen LogP contribution in [0.25, 0.3) is 5.69 Å². The minimum atomic E-state index is -4.52. The average Bonchev–Trinajstić information content (AvgIpc) is 2.70. The number of halogens is 4. The Hall–Kier alpha value is -1.76. The third kappa shape index (κ3) is 2.33. The molecule has 0 bridgehead atoms. The lowest BCUT2D eigenvalue weighted by molar-refractivity contribution is -0.141. The Bertz CT molecular complexity index is 549. The van der Waals surface area contributed by atoms with Gasteiger partial charge in [-0.15, -0.1) is 5.10 Å². The van der Waals surface area contributed by atoms with E-state index in [1.54, 1.807) is 0 Å². The number of benzene rings is 1. The van der Waals surface area contributed by atoms with Crippen LogP contribution < -0.4 is 5.73 Å². The lowest BCUT2D eigenvalue weighted by Gasteiger charge is -2.03. The van der Waals surface area contributed by atoms with Gasteiger partial charge in [0.25, 0.3) is 0 Å². The molecule has 1 heterocycles. The van der Waals surface area contributed by atoms with E-state index in [-0.39, 0.29) is 5.02 Å². The summed E-state index contributed by atoms with van der Waals surface area (Å²) in [6, 6.07) is 4.33. The topological polar surface area (TPSA) is 56.7 Å². The molecule has 0 fully saturated rings.